The summed E-state index contributed by atoms with van der Waals surface area (Å²) in [5.74, 6) is 0.416. The topological polar surface area (TPSA) is 32.8 Å². The zero-order valence-corrected chi connectivity index (χ0v) is 15.6. The Morgan fingerprint density at radius 3 is 2.56 bits per heavy atom. The average Bonchev–Trinajstić information content (AvgIpc) is 2.88. The summed E-state index contributed by atoms with van der Waals surface area (Å²) in [5.41, 5.74) is 1.59. The fraction of sp³-hybridized carbons (Fsp3) is 0.316. The molecule has 0 aromatic heterocycles. The molecule has 1 amide bonds. The Balaban J connectivity index is 1.72. The number of benzene rings is 2. The summed E-state index contributed by atoms with van der Waals surface area (Å²) in [5, 5.41) is 0. The van der Waals surface area contributed by atoms with Gasteiger partial charge in [0.05, 0.1) is 12.7 Å². The number of anilines is 1. The molecule has 0 N–H and O–H groups in total. The molecule has 2 aromatic rings. The molecule has 0 radical (unpaired) electrons. The average molecular weight is 407 g/mol. The maximum absolute atomic E-state index is 13.1. The smallest absolute Gasteiger partial charge is 0.255 e. The number of methoxy groups -OCH3 is 1. The third-order valence-electron chi connectivity index (χ3n) is 4.38. The summed E-state index contributed by atoms with van der Waals surface area (Å²) >= 11 is 3.45. The van der Waals surface area contributed by atoms with Gasteiger partial charge in [0, 0.05) is 36.3 Å². The van der Waals surface area contributed by atoms with Crippen LogP contribution in [0.2, 0.25) is 0 Å². The molecule has 6 heteroatoms. The summed E-state index contributed by atoms with van der Waals surface area (Å²) in [7, 11) is 1.59. The molecular formula is C19H20BrFN2O2. The minimum Gasteiger partial charge on any atom is -0.497 e. The van der Waals surface area contributed by atoms with E-state index in [-0.39, 0.29) is 11.7 Å². The van der Waals surface area contributed by atoms with Crippen molar-refractivity contribution >= 4 is 27.5 Å². The molecule has 2 aromatic carbocycles. The number of carbonyl (C=O) groups is 1. The van der Waals surface area contributed by atoms with E-state index in [0.29, 0.717) is 24.4 Å². The zero-order chi connectivity index (χ0) is 17.8. The molecule has 0 aliphatic carbocycles. The third kappa shape index (κ3) is 4.12. The van der Waals surface area contributed by atoms with E-state index >= 15 is 0 Å². The van der Waals surface area contributed by atoms with Gasteiger partial charge in [-0.3, -0.25) is 4.79 Å². The molecule has 1 aliphatic heterocycles. The molecule has 0 unspecified atom stereocenters. The van der Waals surface area contributed by atoms with Crippen molar-refractivity contribution in [3.63, 3.8) is 0 Å². The van der Waals surface area contributed by atoms with Crippen molar-refractivity contribution in [3.05, 3.63) is 58.3 Å². The van der Waals surface area contributed by atoms with E-state index < -0.39 is 0 Å². The first kappa shape index (κ1) is 17.7. The van der Waals surface area contributed by atoms with E-state index in [1.807, 2.05) is 17.0 Å². The molecule has 4 nitrogen and oxygen atoms in total. The number of halogens is 2. The Bertz CT molecular complexity index is 752. The van der Waals surface area contributed by atoms with E-state index in [4.69, 9.17) is 4.74 Å². The van der Waals surface area contributed by atoms with E-state index in [0.717, 1.165) is 29.7 Å². The molecule has 132 valence electrons. The lowest BCUT2D eigenvalue weighted by molar-refractivity contribution is 0.0765. The van der Waals surface area contributed by atoms with Crippen LogP contribution >= 0.6 is 15.9 Å². The van der Waals surface area contributed by atoms with Crippen LogP contribution in [0.25, 0.3) is 0 Å². The number of ether oxygens (including phenoxy) is 1. The lowest BCUT2D eigenvalue weighted by atomic mass is 10.2. The first-order valence-electron chi connectivity index (χ1n) is 8.22. The lowest BCUT2D eigenvalue weighted by Gasteiger charge is -2.24. The van der Waals surface area contributed by atoms with Gasteiger partial charge in [0.2, 0.25) is 0 Å². The Labute approximate surface area is 155 Å². The highest BCUT2D eigenvalue weighted by atomic mass is 79.9. The monoisotopic (exact) mass is 406 g/mol. The predicted molar refractivity (Wildman–Crippen MR) is 99.8 cm³/mol. The number of carbonyl (C=O) groups excluding carboxylic acids is 1. The summed E-state index contributed by atoms with van der Waals surface area (Å²) in [6.07, 6.45) is 0.866. The van der Waals surface area contributed by atoms with Gasteiger partial charge >= 0.3 is 0 Å². The van der Waals surface area contributed by atoms with Gasteiger partial charge in [-0.2, -0.15) is 0 Å². The normalized spacial score (nSPS) is 15.0. The van der Waals surface area contributed by atoms with Crippen LogP contribution in [0.1, 0.15) is 16.8 Å². The Kier molecular flexibility index (Phi) is 5.58. The second kappa shape index (κ2) is 7.87. The highest BCUT2D eigenvalue weighted by Crippen LogP contribution is 2.25. The van der Waals surface area contributed by atoms with Gasteiger partial charge in [0.1, 0.15) is 11.6 Å². The van der Waals surface area contributed by atoms with E-state index in [1.165, 1.54) is 12.1 Å². The van der Waals surface area contributed by atoms with Crippen LogP contribution in [-0.2, 0) is 0 Å². The molecule has 1 saturated heterocycles. The second-order valence-electron chi connectivity index (χ2n) is 5.95. The minimum absolute atomic E-state index is 0.00766. The van der Waals surface area contributed by atoms with E-state index in [9.17, 15) is 9.18 Å². The van der Waals surface area contributed by atoms with Gasteiger partial charge in [-0.15, -0.1) is 0 Å². The first-order valence-corrected chi connectivity index (χ1v) is 9.01. The number of nitrogens with zero attached hydrogens (tertiary/aromatic N) is 2. The maximum Gasteiger partial charge on any atom is 0.255 e. The van der Waals surface area contributed by atoms with Gasteiger partial charge in [0.25, 0.3) is 5.91 Å². The maximum atomic E-state index is 13.1. The van der Waals surface area contributed by atoms with Crippen molar-refractivity contribution in [2.75, 3.05) is 38.2 Å². The molecule has 1 aliphatic rings. The van der Waals surface area contributed by atoms with Crippen LogP contribution in [0.15, 0.2) is 46.9 Å². The van der Waals surface area contributed by atoms with E-state index in [2.05, 4.69) is 20.8 Å². The Morgan fingerprint density at radius 2 is 1.84 bits per heavy atom. The predicted octanol–water partition coefficient (Wildman–Crippen LogP) is 3.95. The number of hydrogen-bond acceptors (Lipinski definition) is 3. The van der Waals surface area contributed by atoms with Crippen LogP contribution in [0, 0.1) is 5.82 Å². The van der Waals surface area contributed by atoms with Crippen LogP contribution < -0.4 is 9.64 Å². The third-order valence-corrected chi connectivity index (χ3v) is 5.07. The molecule has 0 spiro atoms. The number of amides is 1. The minimum atomic E-state index is -0.238. The first-order chi connectivity index (χ1) is 12.1. The summed E-state index contributed by atoms with van der Waals surface area (Å²) in [6.45, 7) is 2.88. The molecule has 1 heterocycles. The highest BCUT2D eigenvalue weighted by Gasteiger charge is 2.22. The Morgan fingerprint density at radius 1 is 1.08 bits per heavy atom. The van der Waals surface area contributed by atoms with Crippen LogP contribution in [0.3, 0.4) is 0 Å². The largest absolute Gasteiger partial charge is 0.497 e. The summed E-state index contributed by atoms with van der Waals surface area (Å²) in [4.78, 5) is 17.0. The molecule has 3 rings (SSSR count). The van der Waals surface area contributed by atoms with Crippen molar-refractivity contribution in [1.29, 1.82) is 0 Å². The van der Waals surface area contributed by atoms with Crippen molar-refractivity contribution in [3.8, 4) is 5.75 Å². The lowest BCUT2D eigenvalue weighted by Crippen LogP contribution is -2.35. The molecule has 1 fully saturated rings. The fourth-order valence-corrected chi connectivity index (χ4v) is 3.41. The van der Waals surface area contributed by atoms with Crippen molar-refractivity contribution in [2.24, 2.45) is 0 Å². The van der Waals surface area contributed by atoms with Gasteiger partial charge in [0.15, 0.2) is 0 Å². The summed E-state index contributed by atoms with van der Waals surface area (Å²) in [6, 6.07) is 11.9. The van der Waals surface area contributed by atoms with Gasteiger partial charge in [-0.25, -0.2) is 4.39 Å². The van der Waals surface area contributed by atoms with Crippen molar-refractivity contribution in [2.45, 2.75) is 6.42 Å². The molecule has 0 saturated carbocycles. The van der Waals surface area contributed by atoms with Crippen LogP contribution in [0.4, 0.5) is 10.1 Å². The molecule has 0 bridgehead atoms. The summed E-state index contributed by atoms with van der Waals surface area (Å²) < 4.78 is 19.1. The Hall–Kier alpha value is -2.08. The van der Waals surface area contributed by atoms with Gasteiger partial charge in [-0.1, -0.05) is 0 Å². The van der Waals surface area contributed by atoms with Crippen LogP contribution in [0.5, 0.6) is 5.75 Å². The number of hydrogen-bond donors (Lipinski definition) is 0. The molecular weight excluding hydrogens is 387 g/mol. The van der Waals surface area contributed by atoms with E-state index in [1.54, 1.807) is 25.3 Å². The van der Waals surface area contributed by atoms with Gasteiger partial charge < -0.3 is 14.5 Å². The highest BCUT2D eigenvalue weighted by molar-refractivity contribution is 9.10. The zero-order valence-electron chi connectivity index (χ0n) is 14.0. The molecule has 0 atom stereocenters. The molecule has 25 heavy (non-hydrogen) atoms. The second-order valence-corrected chi connectivity index (χ2v) is 6.81. The SMILES string of the molecule is COc1ccc(Br)c(C(=O)N2CCCN(c3ccc(F)cc3)CC2)c1. The van der Waals surface area contributed by atoms with Crippen LogP contribution in [-0.4, -0.2) is 44.1 Å². The standard InChI is InChI=1S/C19H20BrFN2O2/c1-25-16-7-8-18(20)17(13-16)19(24)23-10-2-9-22(11-12-23)15-5-3-14(21)4-6-15/h3-8,13H,2,9-12H2,1H3. The van der Waals surface area contributed by atoms with Crippen molar-refractivity contribution in [1.82, 2.24) is 4.90 Å². The quantitative estimate of drug-likeness (QED) is 0.773. The number of rotatable bonds is 3. The van der Waals surface area contributed by atoms with Crippen molar-refractivity contribution < 1.29 is 13.9 Å². The van der Waals surface area contributed by atoms with Gasteiger partial charge in [-0.05, 0) is 64.8 Å². The fourth-order valence-electron chi connectivity index (χ4n) is 3.00.